The van der Waals surface area contributed by atoms with Gasteiger partial charge in [0.15, 0.2) is 0 Å². The third-order valence-electron chi connectivity index (χ3n) is 27.7. The van der Waals surface area contributed by atoms with Crippen molar-refractivity contribution in [2.24, 2.45) is 10.8 Å². The van der Waals surface area contributed by atoms with Gasteiger partial charge in [0.25, 0.3) is 0 Å². The molecule has 2 unspecified atom stereocenters. The Labute approximate surface area is 699 Å². The highest BCUT2D eigenvalue weighted by Gasteiger charge is 2.54. The van der Waals surface area contributed by atoms with Crippen molar-refractivity contribution >= 4 is 78.0 Å². The predicted octanol–water partition coefficient (Wildman–Crippen LogP) is 27.4. The number of anilines is 6. The second-order valence-corrected chi connectivity index (χ2v) is 33.9. The van der Waals surface area contributed by atoms with Gasteiger partial charge in [-0.05, 0) is 258 Å². The molecule has 8 nitrogen and oxygen atoms in total. The van der Waals surface area contributed by atoms with Gasteiger partial charge in [-0.1, -0.05) is 232 Å². The molecule has 4 heterocycles. The number of hydrogen-bond donors (Lipinski definition) is 0. The van der Waals surface area contributed by atoms with Crippen LogP contribution in [0.3, 0.4) is 0 Å². The van der Waals surface area contributed by atoms with Crippen molar-refractivity contribution in [3.8, 4) is 56.0 Å². The summed E-state index contributed by atoms with van der Waals surface area (Å²) < 4.78 is 69.9. The molecule has 2 aliphatic heterocycles. The van der Waals surface area contributed by atoms with Crippen molar-refractivity contribution in [1.29, 1.82) is 0 Å². The van der Waals surface area contributed by atoms with Gasteiger partial charge < -0.3 is 37.6 Å². The summed E-state index contributed by atoms with van der Waals surface area (Å²) in [5, 5.41) is 3.96. The van der Waals surface area contributed by atoms with Crippen LogP contribution >= 0.6 is 0 Å². The van der Waals surface area contributed by atoms with Crippen LogP contribution in [0.15, 0.2) is 361 Å². The quantitative estimate of drug-likeness (QED) is 0.0842. The van der Waals surface area contributed by atoms with Crippen LogP contribution in [0.25, 0.3) is 88.4 Å². The maximum absolute atomic E-state index is 15.7. The highest BCUT2D eigenvalue weighted by molar-refractivity contribution is 6.15. The summed E-state index contributed by atoms with van der Waals surface area (Å²) in [4.78, 5) is 4.90. The molecule has 6 aliphatic rings. The summed E-state index contributed by atoms with van der Waals surface area (Å²) >= 11 is 0. The van der Waals surface area contributed by atoms with E-state index in [1.165, 1.54) is 11.1 Å². The topological polar surface area (TPSA) is 69.7 Å². The van der Waals surface area contributed by atoms with Crippen molar-refractivity contribution in [3.05, 3.63) is 430 Å². The molecule has 0 saturated carbocycles. The standard InChI is InChI=1S/C111H80F2N2O6/c1-3-107(63-116-64-107)67-118-79-51-39-71(40-52-79)109(69-35-43-73(112)44-36-69)91-25-11-5-19-81(91)85-55-47-75(59-95(85)109)114(99-29-17-33-103-105(99)89-23-9-15-31-101(89)120-103)77-49-57-87-83-21-7-13-27-93(83)111(97(87)61-77)94-28-14-8-22-84(94)88-58-50-78(62-98(88)111)115(100-30-18-34-104-106(100)90-24-10-16-32-102(90)121-104)76-48-56-86-82-20-6-12-26-92(82)110(96(86)60-76,70-37-45-74(113)46-38-70)72-41-53-80(54-42-72)119-68-108(4-2)65-117-66-108/h5-62H,3-4,63-68H2,1-2H3. The molecule has 0 N–H and O–H groups in total. The Balaban J connectivity index is 0.724. The van der Waals surface area contributed by atoms with Crippen LogP contribution in [-0.4, -0.2) is 39.6 Å². The summed E-state index contributed by atoms with van der Waals surface area (Å²) in [5.74, 6) is 0.952. The van der Waals surface area contributed by atoms with Crippen LogP contribution in [-0.2, 0) is 25.7 Å². The van der Waals surface area contributed by atoms with Crippen molar-refractivity contribution in [2.75, 3.05) is 49.4 Å². The minimum atomic E-state index is -0.925. The van der Waals surface area contributed by atoms with Crippen molar-refractivity contribution in [2.45, 2.75) is 42.9 Å². The number of hydrogen-bond acceptors (Lipinski definition) is 8. The number of fused-ring (bicyclic) bond motifs is 22. The fourth-order valence-corrected chi connectivity index (χ4v) is 21.6. The largest absolute Gasteiger partial charge is 0.493 e. The van der Waals surface area contributed by atoms with Crippen molar-refractivity contribution in [1.82, 2.24) is 0 Å². The molecule has 2 fully saturated rings. The molecule has 0 radical (unpaired) electrons. The summed E-state index contributed by atoms with van der Waals surface area (Å²) in [5.41, 5.74) is 27.8. The first-order valence-electron chi connectivity index (χ1n) is 42.1. The van der Waals surface area contributed by atoms with Crippen molar-refractivity contribution < 1.29 is 36.6 Å². The Hall–Kier alpha value is -13.9. The highest BCUT2D eigenvalue weighted by atomic mass is 19.1. The fraction of sp³-hybridized carbons (Fsp3) is 0.135. The zero-order valence-electron chi connectivity index (χ0n) is 66.7. The second-order valence-electron chi connectivity index (χ2n) is 33.9. The van der Waals surface area contributed by atoms with E-state index >= 15 is 8.78 Å². The lowest BCUT2D eigenvalue weighted by Gasteiger charge is -2.40. The van der Waals surface area contributed by atoms with E-state index < -0.39 is 16.2 Å². The van der Waals surface area contributed by atoms with Crippen LogP contribution in [0, 0.1) is 22.5 Å². The number of para-hydroxylation sites is 2. The molecule has 0 amide bonds. The Morgan fingerprint density at radius 2 is 0.570 bits per heavy atom. The molecule has 4 aliphatic carbocycles. The van der Waals surface area contributed by atoms with E-state index in [0.29, 0.717) is 39.6 Å². The molecule has 2 aromatic heterocycles. The monoisotopic (exact) mass is 1570 g/mol. The first-order chi connectivity index (χ1) is 59.6. The lowest BCUT2D eigenvalue weighted by molar-refractivity contribution is -0.133. The number of nitrogens with zero attached hydrogens (tertiary/aromatic N) is 2. The van der Waals surface area contributed by atoms with E-state index in [1.807, 2.05) is 36.4 Å². The summed E-state index contributed by atoms with van der Waals surface area (Å²) in [6.45, 7) is 8.27. The van der Waals surface area contributed by atoms with E-state index in [2.05, 4.69) is 315 Å². The molecule has 0 bridgehead atoms. The van der Waals surface area contributed by atoms with E-state index in [9.17, 15) is 0 Å². The van der Waals surface area contributed by atoms with Crippen LogP contribution in [0.1, 0.15) is 93.5 Å². The van der Waals surface area contributed by atoms with Gasteiger partial charge >= 0.3 is 0 Å². The molecule has 16 aromatic carbocycles. The molecule has 10 heteroatoms. The summed E-state index contributed by atoms with van der Waals surface area (Å²) in [6.07, 6.45) is 1.93. The minimum Gasteiger partial charge on any atom is -0.493 e. The first kappa shape index (κ1) is 71.2. The number of halogens is 2. The van der Waals surface area contributed by atoms with E-state index in [0.717, 1.165) is 202 Å². The molecule has 1 spiro atoms. The van der Waals surface area contributed by atoms with Crippen LogP contribution in [0.5, 0.6) is 11.5 Å². The molecule has 24 rings (SSSR count). The number of rotatable bonds is 18. The van der Waals surface area contributed by atoms with Crippen LogP contribution in [0.4, 0.5) is 42.9 Å². The van der Waals surface area contributed by atoms with Gasteiger partial charge in [-0.25, -0.2) is 8.78 Å². The van der Waals surface area contributed by atoms with Gasteiger partial charge in [-0.15, -0.1) is 0 Å². The van der Waals surface area contributed by atoms with E-state index in [-0.39, 0.29) is 22.5 Å². The van der Waals surface area contributed by atoms with Gasteiger partial charge in [-0.3, -0.25) is 0 Å². The molecule has 584 valence electrons. The van der Waals surface area contributed by atoms with Gasteiger partial charge in [0, 0.05) is 33.5 Å². The van der Waals surface area contributed by atoms with Gasteiger partial charge in [-0.2, -0.15) is 0 Å². The van der Waals surface area contributed by atoms with Gasteiger partial charge in [0.05, 0.1) is 88.9 Å². The zero-order chi connectivity index (χ0) is 80.5. The Kier molecular flexibility index (Phi) is 15.9. The average molecular weight is 1580 g/mol. The van der Waals surface area contributed by atoms with E-state index in [1.54, 1.807) is 24.3 Å². The average Bonchev–Trinajstić information content (AvgIpc) is 1.49. The molecular formula is C111H80F2N2O6. The third-order valence-corrected chi connectivity index (χ3v) is 27.7. The van der Waals surface area contributed by atoms with Gasteiger partial charge in [0.1, 0.15) is 45.5 Å². The Bertz CT molecular complexity index is 6820. The lowest BCUT2D eigenvalue weighted by atomic mass is 9.67. The number of benzene rings is 16. The van der Waals surface area contributed by atoms with Crippen LogP contribution < -0.4 is 19.3 Å². The maximum Gasteiger partial charge on any atom is 0.137 e. The number of ether oxygens (including phenoxy) is 4. The molecule has 121 heavy (non-hydrogen) atoms. The smallest absolute Gasteiger partial charge is 0.137 e. The first-order valence-corrected chi connectivity index (χ1v) is 42.1. The Morgan fingerprint density at radius 1 is 0.281 bits per heavy atom. The molecular weight excluding hydrogens is 1500 g/mol. The zero-order valence-corrected chi connectivity index (χ0v) is 66.7. The predicted molar refractivity (Wildman–Crippen MR) is 479 cm³/mol. The van der Waals surface area contributed by atoms with Gasteiger partial charge in [0.2, 0.25) is 0 Å². The van der Waals surface area contributed by atoms with E-state index in [4.69, 9.17) is 27.8 Å². The minimum absolute atomic E-state index is 0.0122. The summed E-state index contributed by atoms with van der Waals surface area (Å²) in [6, 6.07) is 125. The maximum atomic E-state index is 15.7. The fourth-order valence-electron chi connectivity index (χ4n) is 21.6. The number of furan rings is 2. The Morgan fingerprint density at radius 3 is 0.901 bits per heavy atom. The molecule has 18 aromatic rings. The lowest BCUT2D eigenvalue weighted by Crippen LogP contribution is -2.46. The summed E-state index contributed by atoms with van der Waals surface area (Å²) in [7, 11) is 0. The normalized spacial score (nSPS) is 18.1. The third kappa shape index (κ3) is 10.3. The van der Waals surface area contributed by atoms with Crippen LogP contribution in [0.2, 0.25) is 0 Å². The highest BCUT2D eigenvalue weighted by Crippen LogP contribution is 2.66. The second kappa shape index (κ2) is 27.1. The molecule has 2 atom stereocenters. The molecule has 2 saturated heterocycles. The van der Waals surface area contributed by atoms with Crippen molar-refractivity contribution in [3.63, 3.8) is 0 Å². The SMILES string of the molecule is CCC1(COc2ccc(C3(c4ccc(F)cc4)c4ccccc4-c4ccc(N(c5ccc6c(c5)C5(c7ccccc7-6)c6ccccc6-c6ccc(N(c7ccc8c(c7)C(c7ccc(F)cc7)(c7ccc(OCC9(CC)COC9)cc7)c7ccccc7-8)c7cccc8oc9ccccc9c78)cc65)c5cccc6oc7ccccc7c56)cc43)cc2)COC1.